The molecular formula is C5H10BFO. The van der Waals surface area contributed by atoms with Gasteiger partial charge in [-0.25, -0.2) is 4.39 Å². The molecule has 0 heterocycles. The van der Waals surface area contributed by atoms with Gasteiger partial charge in [0.25, 0.3) is 0 Å². The van der Waals surface area contributed by atoms with Crippen LogP contribution in [0.2, 0.25) is 0 Å². The van der Waals surface area contributed by atoms with E-state index in [9.17, 15) is 4.39 Å². The largest absolute Gasteiger partial charge is 0.385 e. The summed E-state index contributed by atoms with van der Waals surface area (Å²) in [7, 11) is 5.06. The number of hydrogen-bond acceptors (Lipinski definition) is 1. The Labute approximate surface area is 50.6 Å². The van der Waals surface area contributed by atoms with Crippen molar-refractivity contribution in [3.8, 4) is 0 Å². The van der Waals surface area contributed by atoms with E-state index in [0.717, 1.165) is 6.42 Å². The molecule has 0 fully saturated rings. The minimum absolute atomic E-state index is 0.547. The summed E-state index contributed by atoms with van der Waals surface area (Å²) >= 11 is 0. The second-order valence-corrected chi connectivity index (χ2v) is 1.56. The predicted molar refractivity (Wildman–Crippen MR) is 31.8 cm³/mol. The standard InChI is InChI=1S/C5H10BFO/c1-2-3-8-5(6)4-7/h5H,2-4H2,1H3/t5-/m1/s1. The van der Waals surface area contributed by atoms with Gasteiger partial charge in [0.05, 0.1) is 0 Å². The molecule has 0 aliphatic carbocycles. The highest BCUT2D eigenvalue weighted by atomic mass is 19.1. The zero-order valence-electron chi connectivity index (χ0n) is 5.06. The summed E-state index contributed by atoms with van der Waals surface area (Å²) in [5.41, 5.74) is 0. The summed E-state index contributed by atoms with van der Waals surface area (Å²) in [6.07, 6.45) is 0.883. The van der Waals surface area contributed by atoms with E-state index in [1.165, 1.54) is 0 Å². The molecule has 0 unspecified atom stereocenters. The maximum Gasteiger partial charge on any atom is 0.112 e. The van der Waals surface area contributed by atoms with Gasteiger partial charge in [0, 0.05) is 12.6 Å². The van der Waals surface area contributed by atoms with Crippen molar-refractivity contribution in [2.24, 2.45) is 0 Å². The SMILES string of the molecule is [B][C@@H](CF)OCCC. The maximum absolute atomic E-state index is 11.5. The van der Waals surface area contributed by atoms with Crippen molar-refractivity contribution in [3.05, 3.63) is 0 Å². The zero-order chi connectivity index (χ0) is 6.41. The molecule has 46 valence electrons. The average molecular weight is 116 g/mol. The lowest BCUT2D eigenvalue weighted by atomic mass is 10.0. The first-order valence-corrected chi connectivity index (χ1v) is 2.74. The van der Waals surface area contributed by atoms with Crippen LogP contribution in [-0.4, -0.2) is 27.1 Å². The van der Waals surface area contributed by atoms with Gasteiger partial charge in [0.15, 0.2) is 0 Å². The molecule has 0 saturated heterocycles. The number of ether oxygens (including phenoxy) is 1. The van der Waals surface area contributed by atoms with Crippen molar-refractivity contribution in [2.45, 2.75) is 19.3 Å². The van der Waals surface area contributed by atoms with Gasteiger partial charge >= 0.3 is 0 Å². The van der Waals surface area contributed by atoms with Gasteiger partial charge in [-0.3, -0.25) is 0 Å². The number of rotatable bonds is 4. The van der Waals surface area contributed by atoms with E-state index in [0.29, 0.717) is 6.61 Å². The number of halogens is 1. The molecule has 0 bridgehead atoms. The zero-order valence-corrected chi connectivity index (χ0v) is 5.06. The molecule has 0 aromatic rings. The van der Waals surface area contributed by atoms with Crippen LogP contribution in [0.3, 0.4) is 0 Å². The van der Waals surface area contributed by atoms with Crippen LogP contribution in [0.1, 0.15) is 13.3 Å². The molecular weight excluding hydrogens is 106 g/mol. The van der Waals surface area contributed by atoms with Crippen LogP contribution in [0.5, 0.6) is 0 Å². The minimum Gasteiger partial charge on any atom is -0.385 e. The van der Waals surface area contributed by atoms with E-state index in [1.807, 2.05) is 6.92 Å². The predicted octanol–water partition coefficient (Wildman–Crippen LogP) is 0.877. The van der Waals surface area contributed by atoms with E-state index in [1.54, 1.807) is 0 Å². The molecule has 3 heteroatoms. The Morgan fingerprint density at radius 1 is 1.75 bits per heavy atom. The van der Waals surface area contributed by atoms with Crippen molar-refractivity contribution in [1.82, 2.24) is 0 Å². The van der Waals surface area contributed by atoms with Crippen LogP contribution in [0.4, 0.5) is 4.39 Å². The summed E-state index contributed by atoms with van der Waals surface area (Å²) in [5.74, 6) is 0. The summed E-state index contributed by atoms with van der Waals surface area (Å²) in [6, 6.07) is -0.713. The summed E-state index contributed by atoms with van der Waals surface area (Å²) in [4.78, 5) is 0. The normalized spacial score (nSPS) is 13.8. The highest BCUT2D eigenvalue weighted by molar-refractivity contribution is 6.11. The fourth-order valence-corrected chi connectivity index (χ4v) is 0.314. The molecule has 1 atom stereocenters. The molecule has 8 heavy (non-hydrogen) atoms. The van der Waals surface area contributed by atoms with Gasteiger partial charge in [-0.15, -0.1) is 0 Å². The molecule has 0 aliphatic heterocycles. The first kappa shape index (κ1) is 7.95. The van der Waals surface area contributed by atoms with Crippen molar-refractivity contribution in [1.29, 1.82) is 0 Å². The third kappa shape index (κ3) is 4.12. The Bertz CT molecular complexity index is 51.7. The van der Waals surface area contributed by atoms with E-state index in [2.05, 4.69) is 0 Å². The van der Waals surface area contributed by atoms with E-state index >= 15 is 0 Å². The van der Waals surface area contributed by atoms with Crippen LogP contribution in [0, 0.1) is 0 Å². The molecule has 1 nitrogen and oxygen atoms in total. The third-order valence-corrected chi connectivity index (χ3v) is 0.688. The van der Waals surface area contributed by atoms with Crippen molar-refractivity contribution in [2.75, 3.05) is 13.3 Å². The van der Waals surface area contributed by atoms with Crippen molar-refractivity contribution >= 4 is 7.85 Å². The highest BCUT2D eigenvalue weighted by Crippen LogP contribution is 1.87. The van der Waals surface area contributed by atoms with Gasteiger partial charge in [-0.1, -0.05) is 6.92 Å². The first-order chi connectivity index (χ1) is 3.81. The van der Waals surface area contributed by atoms with Crippen LogP contribution >= 0.6 is 0 Å². The molecule has 0 spiro atoms. The van der Waals surface area contributed by atoms with Crippen molar-refractivity contribution in [3.63, 3.8) is 0 Å². The second-order valence-electron chi connectivity index (χ2n) is 1.56. The van der Waals surface area contributed by atoms with Crippen LogP contribution in [0.25, 0.3) is 0 Å². The van der Waals surface area contributed by atoms with Gasteiger partial charge in [0.1, 0.15) is 14.5 Å². The molecule has 0 N–H and O–H groups in total. The molecule has 0 aromatic heterocycles. The number of alkyl halides is 1. The van der Waals surface area contributed by atoms with E-state index < -0.39 is 12.7 Å². The summed E-state index contributed by atoms with van der Waals surface area (Å²) in [6.45, 7) is 1.90. The Morgan fingerprint density at radius 2 is 2.38 bits per heavy atom. The quantitative estimate of drug-likeness (QED) is 0.495. The lowest BCUT2D eigenvalue weighted by molar-refractivity contribution is 0.0894. The van der Waals surface area contributed by atoms with Gasteiger partial charge < -0.3 is 4.74 Å². The van der Waals surface area contributed by atoms with Crippen LogP contribution < -0.4 is 0 Å². The molecule has 0 saturated carbocycles. The van der Waals surface area contributed by atoms with E-state index in [4.69, 9.17) is 12.6 Å². The lowest BCUT2D eigenvalue weighted by Gasteiger charge is -2.06. The van der Waals surface area contributed by atoms with E-state index in [-0.39, 0.29) is 0 Å². The maximum atomic E-state index is 11.5. The van der Waals surface area contributed by atoms with Gasteiger partial charge in [0.2, 0.25) is 0 Å². The Balaban J connectivity index is 2.86. The molecule has 0 amide bonds. The Hall–Kier alpha value is -0.0451. The van der Waals surface area contributed by atoms with Crippen LogP contribution in [0.15, 0.2) is 0 Å². The highest BCUT2D eigenvalue weighted by Gasteiger charge is 1.96. The van der Waals surface area contributed by atoms with Crippen molar-refractivity contribution < 1.29 is 9.13 Å². The fraction of sp³-hybridized carbons (Fsp3) is 1.00. The first-order valence-electron chi connectivity index (χ1n) is 2.74. The summed E-state index contributed by atoms with van der Waals surface area (Å²) < 4.78 is 16.2. The molecule has 0 aliphatic rings. The number of hydrogen-bond donors (Lipinski definition) is 0. The Kier molecular flexibility index (Phi) is 5.07. The van der Waals surface area contributed by atoms with Gasteiger partial charge in [-0.2, -0.15) is 0 Å². The van der Waals surface area contributed by atoms with Gasteiger partial charge in [-0.05, 0) is 6.42 Å². The van der Waals surface area contributed by atoms with Crippen LogP contribution in [-0.2, 0) is 4.74 Å². The monoisotopic (exact) mass is 116 g/mol. The fourth-order valence-electron chi connectivity index (χ4n) is 0.314. The smallest absolute Gasteiger partial charge is 0.112 e. The topological polar surface area (TPSA) is 9.23 Å². The molecule has 2 radical (unpaired) electrons. The molecule has 0 aromatic carbocycles. The average Bonchev–Trinajstić information content (AvgIpc) is 1.83. The summed E-state index contributed by atoms with van der Waals surface area (Å²) in [5, 5.41) is 0. The third-order valence-electron chi connectivity index (χ3n) is 0.688. The lowest BCUT2D eigenvalue weighted by Crippen LogP contribution is -2.15. The molecule has 0 rings (SSSR count). The Morgan fingerprint density at radius 3 is 2.75 bits per heavy atom. The minimum atomic E-state index is -0.713. The second kappa shape index (κ2) is 5.10.